The number of nitrogens with zero attached hydrogens (tertiary/aromatic N) is 2. The zero-order chi connectivity index (χ0) is 20.3. The number of halogens is 2. The lowest BCUT2D eigenvalue weighted by molar-refractivity contribution is -0.0235. The van der Waals surface area contributed by atoms with E-state index in [1.807, 2.05) is 12.1 Å². The molecule has 0 aromatic heterocycles. The molecule has 2 aliphatic rings. The first kappa shape index (κ1) is 20.6. The average molecular weight is 419 g/mol. The Morgan fingerprint density at radius 3 is 2.72 bits per heavy atom. The Hall–Kier alpha value is -1.66. The molecule has 0 N–H and O–H groups in total. The number of ether oxygens (including phenoxy) is 2. The molecule has 4 rings (SSSR count). The molecule has 0 unspecified atom stereocenters. The predicted molar refractivity (Wildman–Crippen MR) is 113 cm³/mol. The second-order valence-corrected chi connectivity index (χ2v) is 8.54. The minimum Gasteiger partial charge on any atom is -0.486 e. The summed E-state index contributed by atoms with van der Waals surface area (Å²) in [5, 5.41) is 0.564. The van der Waals surface area contributed by atoms with Gasteiger partial charge in [-0.15, -0.1) is 0 Å². The van der Waals surface area contributed by atoms with Crippen LogP contribution in [0, 0.1) is 5.82 Å². The number of benzene rings is 2. The molecule has 1 saturated heterocycles. The summed E-state index contributed by atoms with van der Waals surface area (Å²) >= 11 is 6.12. The minimum absolute atomic E-state index is 0.212. The Labute approximate surface area is 177 Å². The Morgan fingerprint density at radius 2 is 1.93 bits per heavy atom. The first-order chi connectivity index (χ1) is 14.1. The lowest BCUT2D eigenvalue weighted by Crippen LogP contribution is -2.53. The van der Waals surface area contributed by atoms with Crippen LogP contribution in [0.5, 0.6) is 5.75 Å². The predicted octanol–water partition coefficient (Wildman–Crippen LogP) is 4.35. The van der Waals surface area contributed by atoms with Gasteiger partial charge in [-0.1, -0.05) is 29.8 Å². The van der Waals surface area contributed by atoms with E-state index in [0.717, 1.165) is 63.5 Å². The molecular weight excluding hydrogens is 391 g/mol. The van der Waals surface area contributed by atoms with E-state index in [0.29, 0.717) is 17.1 Å². The highest BCUT2D eigenvalue weighted by Gasteiger charge is 2.40. The number of methoxy groups -OCH3 is 1. The van der Waals surface area contributed by atoms with E-state index in [1.54, 1.807) is 19.2 Å². The summed E-state index contributed by atoms with van der Waals surface area (Å²) in [6.07, 6.45) is 1.89. The van der Waals surface area contributed by atoms with Crippen molar-refractivity contribution < 1.29 is 13.9 Å². The van der Waals surface area contributed by atoms with Crippen molar-refractivity contribution in [2.75, 3.05) is 39.9 Å². The molecule has 2 aromatic carbocycles. The third kappa shape index (κ3) is 4.92. The van der Waals surface area contributed by atoms with Gasteiger partial charge in [-0.25, -0.2) is 4.39 Å². The van der Waals surface area contributed by atoms with Gasteiger partial charge in [0.2, 0.25) is 0 Å². The van der Waals surface area contributed by atoms with Crippen LogP contribution >= 0.6 is 11.6 Å². The fourth-order valence-corrected chi connectivity index (χ4v) is 4.58. The van der Waals surface area contributed by atoms with Crippen LogP contribution in [0.1, 0.15) is 24.0 Å². The fraction of sp³-hybridized carbons (Fsp3) is 0.478. The van der Waals surface area contributed by atoms with Crippen LogP contribution in [-0.4, -0.2) is 55.3 Å². The van der Waals surface area contributed by atoms with Gasteiger partial charge in [-0.05, 0) is 24.3 Å². The maximum absolute atomic E-state index is 14.4. The van der Waals surface area contributed by atoms with E-state index in [4.69, 9.17) is 21.1 Å². The van der Waals surface area contributed by atoms with Gasteiger partial charge in [0.1, 0.15) is 17.2 Å². The van der Waals surface area contributed by atoms with Gasteiger partial charge in [0.15, 0.2) is 0 Å². The molecule has 1 fully saturated rings. The summed E-state index contributed by atoms with van der Waals surface area (Å²) in [4.78, 5) is 4.72. The fourth-order valence-electron chi connectivity index (χ4n) is 4.39. The van der Waals surface area contributed by atoms with Crippen LogP contribution in [0.2, 0.25) is 5.02 Å². The second kappa shape index (κ2) is 9.00. The maximum atomic E-state index is 14.4. The van der Waals surface area contributed by atoms with Crippen molar-refractivity contribution in [3.05, 3.63) is 64.4 Å². The lowest BCUT2D eigenvalue weighted by Gasteiger charge is -2.43. The smallest absolute Gasteiger partial charge is 0.127 e. The number of likely N-dealkylation sites (tertiary alicyclic amines) is 1. The Morgan fingerprint density at radius 1 is 1.14 bits per heavy atom. The summed E-state index contributed by atoms with van der Waals surface area (Å²) in [6.45, 7) is 5.66. The Balaban J connectivity index is 1.56. The van der Waals surface area contributed by atoms with Gasteiger partial charge in [-0.2, -0.15) is 0 Å². The molecule has 1 spiro atoms. The van der Waals surface area contributed by atoms with Crippen molar-refractivity contribution in [2.45, 2.75) is 31.5 Å². The molecule has 2 heterocycles. The zero-order valence-electron chi connectivity index (χ0n) is 16.9. The van der Waals surface area contributed by atoms with E-state index >= 15 is 0 Å². The summed E-state index contributed by atoms with van der Waals surface area (Å²) < 4.78 is 26.3. The van der Waals surface area contributed by atoms with Crippen molar-refractivity contribution in [3.63, 3.8) is 0 Å². The number of hydrogen-bond acceptors (Lipinski definition) is 4. The standard InChI is InChI=1S/C23H28ClFN2O2/c1-28-13-12-26-10-8-23(9-11-26)17-27(15-18-4-2-3-5-22(18)29-23)16-19-14-20(24)6-7-21(19)25/h2-7,14H,8-13,15-17H2,1H3. The van der Waals surface area contributed by atoms with Crippen LogP contribution < -0.4 is 4.74 Å². The van der Waals surface area contributed by atoms with Gasteiger partial charge >= 0.3 is 0 Å². The van der Waals surface area contributed by atoms with E-state index in [2.05, 4.69) is 21.9 Å². The van der Waals surface area contributed by atoms with E-state index in [-0.39, 0.29) is 11.4 Å². The minimum atomic E-state index is -0.259. The monoisotopic (exact) mass is 418 g/mol. The van der Waals surface area contributed by atoms with Crippen molar-refractivity contribution in [2.24, 2.45) is 0 Å². The van der Waals surface area contributed by atoms with Crippen LogP contribution in [0.25, 0.3) is 0 Å². The number of piperidine rings is 1. The van der Waals surface area contributed by atoms with Crippen LogP contribution in [0.15, 0.2) is 42.5 Å². The van der Waals surface area contributed by atoms with Crippen molar-refractivity contribution in [1.82, 2.24) is 9.80 Å². The normalized spacial score (nSPS) is 19.6. The van der Waals surface area contributed by atoms with E-state index in [9.17, 15) is 4.39 Å². The second-order valence-electron chi connectivity index (χ2n) is 8.11. The molecule has 4 nitrogen and oxygen atoms in total. The molecule has 2 aromatic rings. The summed E-state index contributed by atoms with van der Waals surface area (Å²) in [6, 6.07) is 13.0. The molecule has 0 saturated carbocycles. The van der Waals surface area contributed by atoms with Crippen molar-refractivity contribution >= 4 is 11.6 Å². The molecule has 0 amide bonds. The number of rotatable bonds is 5. The van der Waals surface area contributed by atoms with Gasteiger partial charge < -0.3 is 14.4 Å². The molecule has 156 valence electrons. The molecule has 6 heteroatoms. The molecule has 0 radical (unpaired) electrons. The van der Waals surface area contributed by atoms with Gasteiger partial charge in [0.25, 0.3) is 0 Å². The first-order valence-corrected chi connectivity index (χ1v) is 10.6. The first-order valence-electron chi connectivity index (χ1n) is 10.2. The van der Waals surface area contributed by atoms with E-state index < -0.39 is 0 Å². The summed E-state index contributed by atoms with van der Waals surface area (Å²) in [7, 11) is 1.74. The third-order valence-electron chi connectivity index (χ3n) is 5.99. The molecule has 0 aliphatic carbocycles. The van der Waals surface area contributed by atoms with Gasteiger partial charge in [-0.3, -0.25) is 4.90 Å². The van der Waals surface area contributed by atoms with Crippen LogP contribution in [0.3, 0.4) is 0 Å². The van der Waals surface area contributed by atoms with Crippen molar-refractivity contribution in [3.8, 4) is 5.75 Å². The third-order valence-corrected chi connectivity index (χ3v) is 6.22. The van der Waals surface area contributed by atoms with E-state index in [1.165, 1.54) is 6.07 Å². The number of para-hydroxylation sites is 1. The Kier molecular flexibility index (Phi) is 6.40. The zero-order valence-corrected chi connectivity index (χ0v) is 17.6. The average Bonchev–Trinajstić information content (AvgIpc) is 2.86. The van der Waals surface area contributed by atoms with Crippen molar-refractivity contribution in [1.29, 1.82) is 0 Å². The number of hydrogen-bond donors (Lipinski definition) is 0. The highest BCUT2D eigenvalue weighted by molar-refractivity contribution is 6.30. The van der Waals surface area contributed by atoms with Gasteiger partial charge in [0, 0.05) is 75.4 Å². The Bertz CT molecular complexity index is 839. The molecule has 0 atom stereocenters. The van der Waals surface area contributed by atoms with Crippen LogP contribution in [0.4, 0.5) is 4.39 Å². The molecule has 2 aliphatic heterocycles. The maximum Gasteiger partial charge on any atom is 0.127 e. The highest BCUT2D eigenvalue weighted by atomic mass is 35.5. The topological polar surface area (TPSA) is 24.9 Å². The molecule has 29 heavy (non-hydrogen) atoms. The van der Waals surface area contributed by atoms with Gasteiger partial charge in [0.05, 0.1) is 6.61 Å². The molecule has 0 bridgehead atoms. The number of fused-ring (bicyclic) bond motifs is 1. The SMILES string of the molecule is COCCN1CCC2(CC1)CN(Cc1cc(Cl)ccc1F)Cc1ccccc1O2. The summed E-state index contributed by atoms with van der Waals surface area (Å²) in [5.74, 6) is 0.739. The molecular formula is C23H28ClFN2O2. The highest BCUT2D eigenvalue weighted by Crippen LogP contribution is 2.36. The summed E-state index contributed by atoms with van der Waals surface area (Å²) in [5.41, 5.74) is 1.52. The van der Waals surface area contributed by atoms with Crippen LogP contribution in [-0.2, 0) is 17.8 Å². The lowest BCUT2D eigenvalue weighted by atomic mass is 9.90. The largest absolute Gasteiger partial charge is 0.486 e. The quantitative estimate of drug-likeness (QED) is 0.720.